The van der Waals surface area contributed by atoms with Gasteiger partial charge in [-0.15, -0.1) is 0 Å². The average molecular weight is 701 g/mol. The highest BCUT2D eigenvalue weighted by molar-refractivity contribution is 5.75. The number of carbonyl (C=O) groups excluding carboxylic acids is 1. The number of amides is 1. The summed E-state index contributed by atoms with van der Waals surface area (Å²) in [6, 6.07) is 35.5. The van der Waals surface area contributed by atoms with Gasteiger partial charge < -0.3 is 44.2 Å². The van der Waals surface area contributed by atoms with Crippen molar-refractivity contribution in [1.29, 1.82) is 0 Å². The molecular formula is C41H52N2O8. The zero-order valence-electron chi connectivity index (χ0n) is 29.4. The smallest absolute Gasteiger partial charge is 0.220 e. The van der Waals surface area contributed by atoms with Crippen LogP contribution in [-0.4, -0.2) is 83.0 Å². The number of hydrogen-bond acceptors (Lipinski definition) is 9. The van der Waals surface area contributed by atoms with Gasteiger partial charge in [0, 0.05) is 32.1 Å². The minimum Gasteiger partial charge on any atom is -0.491 e. The van der Waals surface area contributed by atoms with Crippen LogP contribution in [0.3, 0.4) is 0 Å². The molecule has 10 heteroatoms. The number of ether oxygens (including phenoxy) is 6. The molecule has 1 atom stereocenters. The molecule has 4 aromatic rings. The lowest BCUT2D eigenvalue weighted by atomic mass is 10.1. The maximum absolute atomic E-state index is 11.9. The first kappa shape index (κ1) is 39.3. The van der Waals surface area contributed by atoms with Crippen LogP contribution in [0.15, 0.2) is 109 Å². The number of aliphatic hydroxyl groups excluding tert-OH is 1. The van der Waals surface area contributed by atoms with E-state index in [9.17, 15) is 9.90 Å². The number of aryl methyl sites for hydroxylation is 1. The lowest BCUT2D eigenvalue weighted by molar-refractivity contribution is -0.121. The van der Waals surface area contributed by atoms with E-state index in [1.807, 2.05) is 91.0 Å². The number of rotatable bonds is 27. The quantitative estimate of drug-likeness (QED) is 0.0707. The fraction of sp³-hybridized carbons (Fsp3) is 0.390. The summed E-state index contributed by atoms with van der Waals surface area (Å²) in [5.74, 6) is 1.81. The molecule has 4 aromatic carbocycles. The first-order valence-electron chi connectivity index (χ1n) is 17.7. The maximum Gasteiger partial charge on any atom is 0.220 e. The monoisotopic (exact) mass is 700 g/mol. The van der Waals surface area contributed by atoms with Crippen molar-refractivity contribution in [1.82, 2.24) is 10.6 Å². The van der Waals surface area contributed by atoms with E-state index in [2.05, 4.69) is 22.8 Å². The minimum atomic E-state index is -0.705. The van der Waals surface area contributed by atoms with Crippen molar-refractivity contribution in [3.63, 3.8) is 0 Å². The fourth-order valence-electron chi connectivity index (χ4n) is 4.94. The molecule has 0 saturated heterocycles. The normalized spacial score (nSPS) is 11.5. The largest absolute Gasteiger partial charge is 0.491 e. The number of benzene rings is 4. The van der Waals surface area contributed by atoms with E-state index in [0.717, 1.165) is 24.0 Å². The number of hydrogen-bond donors (Lipinski definition) is 3. The molecule has 4 rings (SSSR count). The van der Waals surface area contributed by atoms with Crippen molar-refractivity contribution in [2.75, 3.05) is 65.9 Å². The predicted molar refractivity (Wildman–Crippen MR) is 197 cm³/mol. The van der Waals surface area contributed by atoms with Gasteiger partial charge in [-0.25, -0.2) is 0 Å². The molecule has 1 amide bonds. The van der Waals surface area contributed by atoms with Crippen molar-refractivity contribution >= 4 is 5.91 Å². The molecule has 0 aliphatic carbocycles. The van der Waals surface area contributed by atoms with Gasteiger partial charge in [0.05, 0.1) is 39.6 Å². The van der Waals surface area contributed by atoms with Crippen LogP contribution in [-0.2, 0) is 38.6 Å². The SMILES string of the molecule is O=C(CCCc1ccccc1)NCCOCCOCCOCCNCC(O)COc1ccc(OCc2ccccc2)c(OCc2ccccc2)c1. The summed E-state index contributed by atoms with van der Waals surface area (Å²) in [7, 11) is 0. The summed E-state index contributed by atoms with van der Waals surface area (Å²) < 4.78 is 34.7. The highest BCUT2D eigenvalue weighted by atomic mass is 16.5. The minimum absolute atomic E-state index is 0.0478. The van der Waals surface area contributed by atoms with Gasteiger partial charge in [-0.1, -0.05) is 91.0 Å². The van der Waals surface area contributed by atoms with Crippen molar-refractivity contribution in [3.8, 4) is 17.2 Å². The molecule has 1 unspecified atom stereocenters. The average Bonchev–Trinajstić information content (AvgIpc) is 3.17. The summed E-state index contributed by atoms with van der Waals surface area (Å²) in [6.45, 7) is 5.15. The Kier molecular flexibility index (Phi) is 19.0. The standard InChI is InChI=1S/C41H52N2O8/c44-37(30-42-21-23-46-25-27-48-28-26-47-24-22-43-41(45)18-10-17-34-11-4-1-5-12-34)33-49-38-19-20-39(50-31-35-13-6-2-7-14-35)40(29-38)51-32-36-15-8-3-9-16-36/h1-9,11-16,19-20,29,37,42,44H,10,17-18,21-28,30-33H2,(H,43,45). The topological polar surface area (TPSA) is 117 Å². The van der Waals surface area contributed by atoms with Gasteiger partial charge in [-0.2, -0.15) is 0 Å². The van der Waals surface area contributed by atoms with E-state index in [1.165, 1.54) is 5.56 Å². The van der Waals surface area contributed by atoms with Crippen LogP contribution in [0.2, 0.25) is 0 Å². The first-order valence-corrected chi connectivity index (χ1v) is 17.7. The van der Waals surface area contributed by atoms with E-state index in [0.29, 0.717) is 96.2 Å². The van der Waals surface area contributed by atoms with Crippen LogP contribution in [0.25, 0.3) is 0 Å². The van der Waals surface area contributed by atoms with E-state index >= 15 is 0 Å². The highest BCUT2D eigenvalue weighted by Crippen LogP contribution is 2.33. The molecule has 0 aromatic heterocycles. The third kappa shape index (κ3) is 17.4. The molecule has 0 bridgehead atoms. The second-order valence-corrected chi connectivity index (χ2v) is 11.9. The zero-order chi connectivity index (χ0) is 35.6. The Morgan fingerprint density at radius 2 is 1.16 bits per heavy atom. The number of aliphatic hydroxyl groups is 1. The second-order valence-electron chi connectivity index (χ2n) is 11.9. The van der Waals surface area contributed by atoms with Crippen molar-refractivity contribution in [3.05, 3.63) is 126 Å². The van der Waals surface area contributed by atoms with Crippen molar-refractivity contribution < 1.29 is 38.3 Å². The summed E-state index contributed by atoms with van der Waals surface area (Å²) in [5, 5.41) is 16.5. The van der Waals surface area contributed by atoms with Gasteiger partial charge in [-0.05, 0) is 41.7 Å². The Labute approximate surface area is 302 Å². The molecular weight excluding hydrogens is 648 g/mol. The molecule has 0 saturated carbocycles. The van der Waals surface area contributed by atoms with Crippen LogP contribution >= 0.6 is 0 Å². The molecule has 0 aliphatic heterocycles. The Morgan fingerprint density at radius 1 is 0.608 bits per heavy atom. The van der Waals surface area contributed by atoms with Gasteiger partial charge >= 0.3 is 0 Å². The summed E-state index contributed by atoms with van der Waals surface area (Å²) in [4.78, 5) is 11.9. The van der Waals surface area contributed by atoms with E-state index in [4.69, 9.17) is 28.4 Å². The highest BCUT2D eigenvalue weighted by Gasteiger charge is 2.11. The molecule has 3 N–H and O–H groups in total. The molecule has 10 nitrogen and oxygen atoms in total. The van der Waals surface area contributed by atoms with Crippen LogP contribution in [0.4, 0.5) is 0 Å². The van der Waals surface area contributed by atoms with Crippen LogP contribution in [0.5, 0.6) is 17.2 Å². The molecule has 0 radical (unpaired) electrons. The second kappa shape index (κ2) is 24.7. The van der Waals surface area contributed by atoms with E-state index in [-0.39, 0.29) is 12.5 Å². The lowest BCUT2D eigenvalue weighted by Crippen LogP contribution is -2.33. The zero-order valence-corrected chi connectivity index (χ0v) is 29.4. The van der Waals surface area contributed by atoms with Crippen molar-refractivity contribution in [2.24, 2.45) is 0 Å². The number of carbonyl (C=O) groups is 1. The summed E-state index contributed by atoms with van der Waals surface area (Å²) in [5.41, 5.74) is 3.35. The molecule has 0 heterocycles. The Balaban J connectivity index is 0.986. The van der Waals surface area contributed by atoms with Crippen LogP contribution in [0, 0.1) is 0 Å². The Hall–Kier alpha value is -4.45. The van der Waals surface area contributed by atoms with Gasteiger partial charge in [-0.3, -0.25) is 4.79 Å². The Bertz CT molecular complexity index is 1480. The first-order chi connectivity index (χ1) is 25.2. The van der Waals surface area contributed by atoms with Gasteiger partial charge in [0.15, 0.2) is 11.5 Å². The van der Waals surface area contributed by atoms with Crippen molar-refractivity contribution in [2.45, 2.75) is 38.6 Å². The van der Waals surface area contributed by atoms with Gasteiger partial charge in [0.25, 0.3) is 0 Å². The summed E-state index contributed by atoms with van der Waals surface area (Å²) in [6.07, 6.45) is 1.54. The molecule has 51 heavy (non-hydrogen) atoms. The third-order valence-electron chi connectivity index (χ3n) is 7.66. The van der Waals surface area contributed by atoms with E-state index in [1.54, 1.807) is 6.07 Å². The van der Waals surface area contributed by atoms with Crippen LogP contribution in [0.1, 0.15) is 29.5 Å². The Morgan fingerprint density at radius 3 is 1.78 bits per heavy atom. The summed E-state index contributed by atoms with van der Waals surface area (Å²) >= 11 is 0. The molecule has 0 spiro atoms. The maximum atomic E-state index is 11.9. The lowest BCUT2D eigenvalue weighted by Gasteiger charge is -2.17. The van der Waals surface area contributed by atoms with Gasteiger partial charge in [0.1, 0.15) is 31.7 Å². The molecule has 0 aliphatic rings. The predicted octanol–water partition coefficient (Wildman–Crippen LogP) is 5.36. The molecule has 274 valence electrons. The third-order valence-corrected chi connectivity index (χ3v) is 7.66. The fourth-order valence-corrected chi connectivity index (χ4v) is 4.94. The van der Waals surface area contributed by atoms with Gasteiger partial charge in [0.2, 0.25) is 5.91 Å². The van der Waals surface area contributed by atoms with Crippen LogP contribution < -0.4 is 24.8 Å². The molecule has 0 fully saturated rings. The number of nitrogens with one attached hydrogen (secondary N) is 2. The van der Waals surface area contributed by atoms with E-state index < -0.39 is 6.10 Å².